The highest BCUT2D eigenvalue weighted by molar-refractivity contribution is 8.00. The molecule has 0 bridgehead atoms. The Labute approximate surface area is 287 Å². The number of anilines is 1. The van der Waals surface area contributed by atoms with Crippen molar-refractivity contribution in [1.82, 2.24) is 19.7 Å². The Morgan fingerprint density at radius 3 is 2.40 bits per heavy atom. The van der Waals surface area contributed by atoms with Crippen molar-refractivity contribution in [2.45, 2.75) is 24.9 Å². The molecule has 2 aromatic carbocycles. The third kappa shape index (κ3) is 6.55. The number of aromatic nitrogens is 1. The molecule has 0 saturated carbocycles. The number of carbonyl (C=O) groups is 5. The van der Waals surface area contributed by atoms with E-state index in [0.29, 0.717) is 17.8 Å². The quantitative estimate of drug-likeness (QED) is 0.260. The average Bonchev–Trinajstić information content (AvgIpc) is 3.12. The summed E-state index contributed by atoms with van der Waals surface area (Å²) in [5.74, 6) is -4.00. The number of rotatable bonds is 10. The van der Waals surface area contributed by atoms with Gasteiger partial charge in [-0.25, -0.2) is 18.8 Å². The van der Waals surface area contributed by atoms with Crippen LogP contribution in [0.25, 0.3) is 10.9 Å². The van der Waals surface area contributed by atoms with Gasteiger partial charge in [0.25, 0.3) is 11.8 Å². The molecule has 0 spiro atoms. The highest BCUT2D eigenvalue weighted by Crippen LogP contribution is 2.40. The lowest BCUT2D eigenvalue weighted by atomic mass is 10.0. The minimum absolute atomic E-state index is 0.0499. The number of para-hydroxylation sites is 1. The molecule has 2 saturated heterocycles. The number of carbonyl (C=O) groups excluding carboxylic acids is 3. The number of aromatic carboxylic acids is 1. The number of carboxylic acid groups (broad SMARTS) is 2. The number of aryl methyl sites for hydroxylation is 1. The van der Waals surface area contributed by atoms with Gasteiger partial charge in [0.05, 0.1) is 11.2 Å². The number of nitrogens with zero attached hydrogens (tertiary/aromatic N) is 4. The number of thioether (sulfide) groups is 1. The van der Waals surface area contributed by atoms with Crippen molar-refractivity contribution in [2.75, 3.05) is 50.0 Å². The van der Waals surface area contributed by atoms with Gasteiger partial charge in [-0.3, -0.25) is 19.3 Å². The van der Waals surface area contributed by atoms with Crippen LogP contribution >= 0.6 is 11.8 Å². The van der Waals surface area contributed by atoms with Crippen LogP contribution < -0.4 is 20.4 Å². The number of β-lactam (4-membered cyclic amide) rings is 1. The lowest BCUT2D eigenvalue weighted by molar-refractivity contribution is -0.151. The van der Waals surface area contributed by atoms with Crippen LogP contribution in [0.4, 0.5) is 14.9 Å². The maximum Gasteiger partial charge on any atom is 0.410 e. The molecule has 1 aromatic heterocycles. The van der Waals surface area contributed by atoms with Crippen LogP contribution in [0, 0.1) is 5.82 Å². The van der Waals surface area contributed by atoms with Crippen LogP contribution in [0.2, 0.25) is 0 Å². The molecule has 3 aromatic rings. The lowest BCUT2D eigenvalue weighted by Crippen LogP contribution is -2.71. The number of piperazine rings is 1. The number of hydrogen-bond donors (Lipinski definition) is 3. The summed E-state index contributed by atoms with van der Waals surface area (Å²) in [6.45, 7) is 2.14. The summed E-state index contributed by atoms with van der Waals surface area (Å²) in [5.41, 5.74) is -0.734. The maximum atomic E-state index is 15.3. The Balaban J connectivity index is 1.06. The number of fused-ring (bicyclic) bond motifs is 2. The first kappa shape index (κ1) is 34.3. The second kappa shape index (κ2) is 14.1. The van der Waals surface area contributed by atoms with Gasteiger partial charge in [-0.15, -0.1) is 11.8 Å². The summed E-state index contributed by atoms with van der Waals surface area (Å²) in [5, 5.41) is 21.2. The topological polar surface area (TPSA) is 188 Å². The fraction of sp³-hybridized carbons (Fsp3) is 0.333. The molecule has 2 atom stereocenters. The predicted octanol–water partition coefficient (Wildman–Crippen LogP) is 1.93. The Morgan fingerprint density at radius 1 is 1.02 bits per heavy atom. The Morgan fingerprint density at radius 2 is 1.74 bits per heavy atom. The summed E-state index contributed by atoms with van der Waals surface area (Å²) >= 11 is 1.23. The van der Waals surface area contributed by atoms with Crippen molar-refractivity contribution < 1.29 is 48.0 Å². The van der Waals surface area contributed by atoms with Crippen LogP contribution in [-0.4, -0.2) is 111 Å². The number of benzene rings is 2. The maximum absolute atomic E-state index is 15.3. The minimum atomic E-state index is -1.40. The number of carboxylic acids is 2. The molecule has 50 heavy (non-hydrogen) atoms. The van der Waals surface area contributed by atoms with Gasteiger partial charge < -0.3 is 39.4 Å². The van der Waals surface area contributed by atoms with E-state index in [1.165, 1.54) is 28.9 Å². The summed E-state index contributed by atoms with van der Waals surface area (Å²) in [4.78, 5) is 79.0. The fourth-order valence-electron chi connectivity index (χ4n) is 6.10. The molecule has 3 aliphatic rings. The molecule has 17 heteroatoms. The van der Waals surface area contributed by atoms with E-state index in [-0.39, 0.29) is 67.5 Å². The van der Waals surface area contributed by atoms with Crippen LogP contribution in [0.5, 0.6) is 5.75 Å². The molecule has 0 aliphatic carbocycles. The van der Waals surface area contributed by atoms with Crippen molar-refractivity contribution >= 4 is 58.2 Å². The molecule has 4 heterocycles. The van der Waals surface area contributed by atoms with E-state index in [2.05, 4.69) is 5.32 Å². The average molecular weight is 710 g/mol. The lowest BCUT2D eigenvalue weighted by Gasteiger charge is -2.49. The van der Waals surface area contributed by atoms with Gasteiger partial charge in [0.15, 0.2) is 6.61 Å². The summed E-state index contributed by atoms with van der Waals surface area (Å²) in [7, 11) is 0. The van der Waals surface area contributed by atoms with E-state index in [1.807, 2.05) is 0 Å². The smallest absolute Gasteiger partial charge is 0.410 e. The van der Waals surface area contributed by atoms with E-state index < -0.39 is 58.1 Å². The number of amides is 3. The first-order valence-electron chi connectivity index (χ1n) is 15.6. The molecule has 0 unspecified atom stereocenters. The number of pyridine rings is 1. The molecule has 0 radical (unpaired) electrons. The third-order valence-corrected chi connectivity index (χ3v) is 9.99. The summed E-state index contributed by atoms with van der Waals surface area (Å²) in [6, 6.07) is 10.2. The van der Waals surface area contributed by atoms with Gasteiger partial charge in [-0.05, 0) is 31.2 Å². The van der Waals surface area contributed by atoms with E-state index in [9.17, 15) is 39.0 Å². The minimum Gasteiger partial charge on any atom is -0.484 e. The fourth-order valence-corrected chi connectivity index (χ4v) is 7.43. The monoisotopic (exact) mass is 709 g/mol. The first-order chi connectivity index (χ1) is 24.0. The van der Waals surface area contributed by atoms with Gasteiger partial charge in [0.1, 0.15) is 40.8 Å². The zero-order chi connectivity index (χ0) is 35.7. The summed E-state index contributed by atoms with van der Waals surface area (Å²) < 4.78 is 27.7. The standard InChI is InChI=1S/C33H32FN5O10S/c1-2-36-14-21(31(43)44)28(41)20-12-22(34)24(13-23(20)36)37-8-10-38(11-9-37)33(47)49-15-18-17-50-30-26(29(42)39(30)27(18)32(45)46)35-25(40)16-48-19-6-4-3-5-7-19/h3-7,12-14,26,30H,2,8-11,15-17H2,1H3,(H,35,40)(H,43,44)(H,45,46)/t26-,30-/m1/s1. The van der Waals surface area contributed by atoms with Crippen LogP contribution in [0.15, 0.2) is 64.7 Å². The van der Waals surface area contributed by atoms with Crippen LogP contribution in [0.1, 0.15) is 17.3 Å². The molecule has 6 rings (SSSR count). The normalized spacial score (nSPS) is 18.8. The van der Waals surface area contributed by atoms with Gasteiger partial charge in [0.2, 0.25) is 5.43 Å². The van der Waals surface area contributed by atoms with E-state index in [1.54, 1.807) is 46.7 Å². The number of aliphatic carboxylic acids is 1. The molecule has 3 aliphatic heterocycles. The Kier molecular flexibility index (Phi) is 9.67. The zero-order valence-electron chi connectivity index (χ0n) is 26.7. The van der Waals surface area contributed by atoms with Crippen LogP contribution in [-0.2, 0) is 25.7 Å². The van der Waals surface area contributed by atoms with E-state index in [0.717, 1.165) is 11.0 Å². The number of halogens is 1. The van der Waals surface area contributed by atoms with Crippen molar-refractivity contribution in [3.63, 3.8) is 0 Å². The van der Waals surface area contributed by atoms with Crippen molar-refractivity contribution in [2.24, 2.45) is 0 Å². The first-order valence-corrected chi connectivity index (χ1v) is 16.7. The van der Waals surface area contributed by atoms with Gasteiger partial charge >= 0.3 is 18.0 Å². The Bertz CT molecular complexity index is 1980. The van der Waals surface area contributed by atoms with E-state index >= 15 is 4.39 Å². The number of ether oxygens (including phenoxy) is 2. The van der Waals surface area contributed by atoms with Crippen LogP contribution in [0.3, 0.4) is 0 Å². The second-order valence-electron chi connectivity index (χ2n) is 11.6. The second-order valence-corrected chi connectivity index (χ2v) is 12.7. The van der Waals surface area contributed by atoms with Gasteiger partial charge in [0, 0.05) is 55.6 Å². The Hall–Kier alpha value is -5.58. The molecule has 3 amide bonds. The van der Waals surface area contributed by atoms with E-state index in [4.69, 9.17) is 9.47 Å². The predicted molar refractivity (Wildman–Crippen MR) is 178 cm³/mol. The van der Waals surface area contributed by atoms with Gasteiger partial charge in [-0.1, -0.05) is 18.2 Å². The molecule has 15 nitrogen and oxygen atoms in total. The van der Waals surface area contributed by atoms with Crippen molar-refractivity contribution in [3.8, 4) is 5.75 Å². The van der Waals surface area contributed by atoms with Crippen molar-refractivity contribution in [3.05, 3.63) is 81.5 Å². The number of nitrogens with one attached hydrogen (secondary N) is 1. The third-order valence-electron chi connectivity index (χ3n) is 8.65. The highest BCUT2D eigenvalue weighted by Gasteiger charge is 2.54. The summed E-state index contributed by atoms with van der Waals surface area (Å²) in [6.07, 6.45) is 0.517. The molecular weight excluding hydrogens is 677 g/mol. The largest absolute Gasteiger partial charge is 0.484 e. The van der Waals surface area contributed by atoms with Crippen molar-refractivity contribution in [1.29, 1.82) is 0 Å². The molecular formula is C33H32FN5O10S. The molecule has 3 N–H and O–H groups in total. The number of hydrogen-bond acceptors (Lipinski definition) is 10. The zero-order valence-corrected chi connectivity index (χ0v) is 27.5. The molecule has 262 valence electrons. The SMILES string of the molecule is CCn1cc(C(=O)O)c(=O)c2cc(F)c(N3CCN(C(=O)OCC4=C(C(=O)O)N5C(=O)[C@@H](NC(=O)COc6ccccc6)[C@H]5SC4)CC3)cc21. The highest BCUT2D eigenvalue weighted by atomic mass is 32.2. The molecule has 2 fully saturated rings. The van der Waals surface area contributed by atoms with Gasteiger partial charge in [-0.2, -0.15) is 0 Å².